The van der Waals surface area contributed by atoms with E-state index >= 15 is 0 Å². The number of hydrogen-bond acceptors (Lipinski definition) is 3. The molecule has 0 aliphatic rings. The van der Waals surface area contributed by atoms with Crippen LogP contribution in [0.4, 0.5) is 11.5 Å². The van der Waals surface area contributed by atoms with Gasteiger partial charge in [-0.1, -0.05) is 27.5 Å². The smallest absolute Gasteiger partial charge is 0.258 e. The summed E-state index contributed by atoms with van der Waals surface area (Å²) in [5, 5.41) is 3.09. The lowest BCUT2D eigenvalue weighted by Crippen LogP contribution is -2.14. The number of nitrogens with zero attached hydrogens (tertiary/aromatic N) is 1. The summed E-state index contributed by atoms with van der Waals surface area (Å²) >= 11 is 9.30. The van der Waals surface area contributed by atoms with Crippen molar-refractivity contribution in [3.63, 3.8) is 0 Å². The normalized spacial score (nSPS) is 10.3. The second kappa shape index (κ2) is 5.59. The standard InChI is InChI=1S/C13H11BrClN3O/c1-7-4-9(16)6-17-12(7)18-13(19)10-5-8(14)2-3-11(10)15/h2-6H,16H2,1H3,(H,17,18,19). The van der Waals surface area contributed by atoms with E-state index in [1.807, 2.05) is 6.92 Å². The van der Waals surface area contributed by atoms with E-state index < -0.39 is 0 Å². The number of pyridine rings is 1. The molecule has 0 unspecified atom stereocenters. The third-order valence-electron chi connectivity index (χ3n) is 2.50. The Labute approximate surface area is 124 Å². The highest BCUT2D eigenvalue weighted by atomic mass is 79.9. The number of carbonyl (C=O) groups excluding carboxylic acids is 1. The molecule has 0 saturated carbocycles. The first-order valence-electron chi connectivity index (χ1n) is 5.46. The number of benzene rings is 1. The van der Waals surface area contributed by atoms with Crippen LogP contribution in [0, 0.1) is 6.92 Å². The van der Waals surface area contributed by atoms with E-state index in [0.717, 1.165) is 10.0 Å². The van der Waals surface area contributed by atoms with Crippen molar-refractivity contribution >= 4 is 44.9 Å². The summed E-state index contributed by atoms with van der Waals surface area (Å²) < 4.78 is 0.782. The fourth-order valence-corrected chi connectivity index (χ4v) is 2.14. The Hall–Kier alpha value is -1.59. The van der Waals surface area contributed by atoms with Gasteiger partial charge in [-0.15, -0.1) is 0 Å². The summed E-state index contributed by atoms with van der Waals surface area (Å²) in [7, 11) is 0. The Morgan fingerprint density at radius 1 is 1.42 bits per heavy atom. The Morgan fingerprint density at radius 3 is 2.84 bits per heavy atom. The van der Waals surface area contributed by atoms with Crippen LogP contribution in [0.3, 0.4) is 0 Å². The molecule has 0 atom stereocenters. The molecular formula is C13H11BrClN3O. The van der Waals surface area contributed by atoms with Crippen LogP contribution in [0.15, 0.2) is 34.9 Å². The van der Waals surface area contributed by atoms with Crippen molar-refractivity contribution in [3.05, 3.63) is 51.1 Å². The van der Waals surface area contributed by atoms with E-state index in [4.69, 9.17) is 17.3 Å². The van der Waals surface area contributed by atoms with Gasteiger partial charge in [-0.3, -0.25) is 4.79 Å². The van der Waals surface area contributed by atoms with Crippen molar-refractivity contribution in [3.8, 4) is 0 Å². The Morgan fingerprint density at radius 2 is 2.16 bits per heavy atom. The van der Waals surface area contributed by atoms with E-state index in [9.17, 15) is 4.79 Å². The van der Waals surface area contributed by atoms with E-state index in [1.165, 1.54) is 6.20 Å². The van der Waals surface area contributed by atoms with Crippen LogP contribution in [0.5, 0.6) is 0 Å². The van der Waals surface area contributed by atoms with Crippen LogP contribution in [-0.4, -0.2) is 10.9 Å². The van der Waals surface area contributed by atoms with Gasteiger partial charge in [-0.2, -0.15) is 0 Å². The number of anilines is 2. The Kier molecular flexibility index (Phi) is 4.07. The van der Waals surface area contributed by atoms with E-state index in [2.05, 4.69) is 26.2 Å². The van der Waals surface area contributed by atoms with Crippen LogP contribution in [0.2, 0.25) is 5.02 Å². The molecule has 3 N–H and O–H groups in total. The number of halogens is 2. The molecule has 1 heterocycles. The van der Waals surface area contributed by atoms with Crippen molar-refractivity contribution < 1.29 is 4.79 Å². The number of hydrogen-bond donors (Lipinski definition) is 2. The maximum Gasteiger partial charge on any atom is 0.258 e. The van der Waals surface area contributed by atoms with Gasteiger partial charge in [0.1, 0.15) is 5.82 Å². The summed E-state index contributed by atoms with van der Waals surface area (Å²) in [6, 6.07) is 6.82. The molecule has 6 heteroatoms. The minimum atomic E-state index is -0.313. The minimum Gasteiger partial charge on any atom is -0.397 e. The number of amides is 1. The lowest BCUT2D eigenvalue weighted by atomic mass is 10.2. The van der Waals surface area contributed by atoms with Gasteiger partial charge >= 0.3 is 0 Å². The molecule has 0 radical (unpaired) electrons. The summed E-state index contributed by atoms with van der Waals surface area (Å²) in [6.45, 7) is 1.82. The molecule has 1 aromatic carbocycles. The molecule has 0 spiro atoms. The number of nitrogens with one attached hydrogen (secondary N) is 1. The van der Waals surface area contributed by atoms with E-state index in [-0.39, 0.29) is 5.91 Å². The summed E-state index contributed by atoms with van der Waals surface area (Å²) in [6.07, 6.45) is 1.49. The van der Waals surface area contributed by atoms with Gasteiger partial charge in [0, 0.05) is 4.47 Å². The topological polar surface area (TPSA) is 68.0 Å². The van der Waals surface area contributed by atoms with Crippen LogP contribution in [0.25, 0.3) is 0 Å². The molecule has 98 valence electrons. The molecule has 2 aromatic rings. The third-order valence-corrected chi connectivity index (χ3v) is 3.33. The summed E-state index contributed by atoms with van der Waals surface area (Å²) in [4.78, 5) is 16.2. The molecule has 0 aliphatic carbocycles. The van der Waals surface area contributed by atoms with Gasteiger partial charge in [0.2, 0.25) is 0 Å². The number of aromatic nitrogens is 1. The van der Waals surface area contributed by atoms with Crippen LogP contribution in [-0.2, 0) is 0 Å². The largest absolute Gasteiger partial charge is 0.397 e. The number of rotatable bonds is 2. The molecule has 1 amide bonds. The minimum absolute atomic E-state index is 0.313. The zero-order valence-corrected chi connectivity index (χ0v) is 12.4. The number of nitrogens with two attached hydrogens (primary N) is 1. The molecule has 1 aromatic heterocycles. The first-order valence-corrected chi connectivity index (χ1v) is 6.63. The van der Waals surface area contributed by atoms with Crippen molar-refractivity contribution in [1.29, 1.82) is 0 Å². The van der Waals surface area contributed by atoms with Crippen LogP contribution in [0.1, 0.15) is 15.9 Å². The zero-order valence-electron chi connectivity index (χ0n) is 10.1. The lowest BCUT2D eigenvalue weighted by molar-refractivity contribution is 0.102. The molecule has 2 rings (SSSR count). The van der Waals surface area contributed by atoms with Crippen LogP contribution < -0.4 is 11.1 Å². The van der Waals surface area contributed by atoms with Gasteiger partial charge in [0.05, 0.1) is 22.5 Å². The second-order valence-electron chi connectivity index (χ2n) is 4.01. The second-order valence-corrected chi connectivity index (χ2v) is 5.34. The first kappa shape index (κ1) is 13.8. The number of nitrogen functional groups attached to an aromatic ring is 1. The highest BCUT2D eigenvalue weighted by Gasteiger charge is 2.12. The molecule has 0 fully saturated rings. The quantitative estimate of drug-likeness (QED) is 0.877. The van der Waals surface area contributed by atoms with Gasteiger partial charge in [0.25, 0.3) is 5.91 Å². The lowest BCUT2D eigenvalue weighted by Gasteiger charge is -2.09. The van der Waals surface area contributed by atoms with Gasteiger partial charge in [-0.05, 0) is 36.8 Å². The molecule has 19 heavy (non-hydrogen) atoms. The Bertz CT molecular complexity index is 646. The van der Waals surface area contributed by atoms with Crippen LogP contribution >= 0.6 is 27.5 Å². The average molecular weight is 341 g/mol. The molecule has 0 bridgehead atoms. The van der Waals surface area contributed by atoms with Gasteiger partial charge in [-0.25, -0.2) is 4.98 Å². The monoisotopic (exact) mass is 339 g/mol. The molecule has 4 nitrogen and oxygen atoms in total. The Balaban J connectivity index is 2.28. The maximum atomic E-state index is 12.1. The maximum absolute atomic E-state index is 12.1. The van der Waals surface area contributed by atoms with Gasteiger partial charge in [0.15, 0.2) is 0 Å². The summed E-state index contributed by atoms with van der Waals surface area (Å²) in [5.74, 6) is 0.155. The van der Waals surface area contributed by atoms with Crippen molar-refractivity contribution in [1.82, 2.24) is 4.98 Å². The number of carbonyl (C=O) groups is 1. The molecule has 0 aliphatic heterocycles. The molecular weight excluding hydrogens is 330 g/mol. The average Bonchev–Trinajstić information content (AvgIpc) is 2.35. The van der Waals surface area contributed by atoms with Crippen molar-refractivity contribution in [2.75, 3.05) is 11.1 Å². The zero-order chi connectivity index (χ0) is 14.0. The fourth-order valence-electron chi connectivity index (χ4n) is 1.57. The fraction of sp³-hybridized carbons (Fsp3) is 0.0769. The van der Waals surface area contributed by atoms with Crippen molar-refractivity contribution in [2.45, 2.75) is 6.92 Å². The van der Waals surface area contributed by atoms with E-state index in [0.29, 0.717) is 22.1 Å². The van der Waals surface area contributed by atoms with E-state index in [1.54, 1.807) is 24.3 Å². The third kappa shape index (κ3) is 3.24. The van der Waals surface area contributed by atoms with Gasteiger partial charge < -0.3 is 11.1 Å². The SMILES string of the molecule is Cc1cc(N)cnc1NC(=O)c1cc(Br)ccc1Cl. The highest BCUT2D eigenvalue weighted by molar-refractivity contribution is 9.10. The first-order chi connectivity index (χ1) is 8.97. The highest BCUT2D eigenvalue weighted by Crippen LogP contribution is 2.22. The molecule has 0 saturated heterocycles. The number of aryl methyl sites for hydroxylation is 1. The van der Waals surface area contributed by atoms with Crippen molar-refractivity contribution in [2.24, 2.45) is 0 Å². The predicted octanol–water partition coefficient (Wildman–Crippen LogP) is 3.64. The predicted molar refractivity (Wildman–Crippen MR) is 80.5 cm³/mol. The summed E-state index contributed by atoms with van der Waals surface area (Å²) in [5.41, 5.74) is 7.34.